The molecule has 1 aromatic carbocycles. The van der Waals surface area contributed by atoms with Crippen LogP contribution in [-0.2, 0) is 19.2 Å². The summed E-state index contributed by atoms with van der Waals surface area (Å²) in [5.41, 5.74) is 1.58. The molecule has 1 aromatic rings. The summed E-state index contributed by atoms with van der Waals surface area (Å²) in [6.07, 6.45) is 3.14. The van der Waals surface area contributed by atoms with E-state index in [1.54, 1.807) is 17.0 Å². The van der Waals surface area contributed by atoms with Crippen LogP contribution in [0.1, 0.15) is 59.2 Å². The number of carbonyl (C=O) groups excluding carboxylic acids is 5. The lowest BCUT2D eigenvalue weighted by atomic mass is 9.72. The van der Waals surface area contributed by atoms with Crippen LogP contribution in [0.25, 0.3) is 0 Å². The van der Waals surface area contributed by atoms with E-state index in [-0.39, 0.29) is 41.2 Å². The molecule has 4 saturated heterocycles. The first-order valence-electron chi connectivity index (χ1n) is 14.0. The molecular weight excluding hydrogens is 518 g/mol. The lowest BCUT2D eigenvalue weighted by molar-refractivity contribution is -0.147. The molecule has 0 saturated carbocycles. The molecule has 40 heavy (non-hydrogen) atoms. The second-order valence-electron chi connectivity index (χ2n) is 11.8. The Hall–Kier alpha value is -3.80. The summed E-state index contributed by atoms with van der Waals surface area (Å²) in [5, 5.41) is 11.4. The number of rotatable bonds is 5. The molecule has 4 fully saturated rings. The van der Waals surface area contributed by atoms with Crippen molar-refractivity contribution in [2.45, 2.75) is 44.6 Å². The van der Waals surface area contributed by atoms with Crippen molar-refractivity contribution in [1.82, 2.24) is 20.0 Å². The average molecular weight is 552 g/mol. The monoisotopic (exact) mass is 551 g/mol. The van der Waals surface area contributed by atoms with Crippen LogP contribution in [0, 0.1) is 11.3 Å². The molecule has 2 N–H and O–H groups in total. The van der Waals surface area contributed by atoms with Crippen molar-refractivity contribution in [3.8, 4) is 0 Å². The van der Waals surface area contributed by atoms with Crippen molar-refractivity contribution in [1.29, 1.82) is 0 Å². The van der Waals surface area contributed by atoms with Gasteiger partial charge in [-0.05, 0) is 55.7 Å². The molecule has 0 bridgehead atoms. The van der Waals surface area contributed by atoms with Gasteiger partial charge in [0.2, 0.25) is 17.7 Å². The van der Waals surface area contributed by atoms with Gasteiger partial charge in [-0.3, -0.25) is 43.9 Å². The predicted octanol–water partition coefficient (Wildman–Crippen LogP) is 0.313. The van der Waals surface area contributed by atoms with Gasteiger partial charge in [-0.1, -0.05) is 0 Å². The highest BCUT2D eigenvalue weighted by Crippen LogP contribution is 2.42. The summed E-state index contributed by atoms with van der Waals surface area (Å²) < 4.78 is 0. The number of hydrogen-bond donors (Lipinski definition) is 2. The number of anilines is 1. The summed E-state index contributed by atoms with van der Waals surface area (Å²) in [7, 11) is 0. The normalized spacial score (nSPS) is 25.2. The molecule has 5 aliphatic heterocycles. The smallest absolute Gasteiger partial charge is 0.306 e. The van der Waals surface area contributed by atoms with Gasteiger partial charge >= 0.3 is 5.97 Å². The Bertz CT molecular complexity index is 1290. The van der Waals surface area contributed by atoms with E-state index in [4.69, 9.17) is 5.11 Å². The number of hydrogen-bond acceptors (Lipinski definition) is 8. The van der Waals surface area contributed by atoms with Crippen LogP contribution >= 0.6 is 0 Å². The Labute approximate surface area is 231 Å². The van der Waals surface area contributed by atoms with E-state index in [1.807, 2.05) is 6.07 Å². The SMILES string of the molecule is O=C1CCC(N2C(=O)c3ccc(N4CCC5(CC4)CN(CC(=O)N4CCC(C(=O)O)CC4)C5)cc3C2=O)C(=O)N1. The fourth-order valence-electron chi connectivity index (χ4n) is 6.89. The molecule has 0 radical (unpaired) electrons. The molecule has 5 aliphatic rings. The zero-order chi connectivity index (χ0) is 28.2. The largest absolute Gasteiger partial charge is 0.481 e. The molecule has 1 unspecified atom stereocenters. The number of imide groups is 2. The number of carboxylic acids is 1. The number of fused-ring (bicyclic) bond motifs is 1. The first-order chi connectivity index (χ1) is 19.1. The number of carbonyl (C=O) groups is 6. The minimum atomic E-state index is -0.978. The predicted molar refractivity (Wildman–Crippen MR) is 140 cm³/mol. The van der Waals surface area contributed by atoms with Gasteiger partial charge in [-0.2, -0.15) is 0 Å². The fourth-order valence-corrected chi connectivity index (χ4v) is 6.89. The van der Waals surface area contributed by atoms with Crippen LogP contribution in [0.4, 0.5) is 5.69 Å². The number of likely N-dealkylation sites (tertiary alicyclic amines) is 2. The molecule has 5 amide bonds. The zero-order valence-electron chi connectivity index (χ0n) is 22.3. The van der Waals surface area contributed by atoms with Crippen molar-refractivity contribution in [3.63, 3.8) is 0 Å². The van der Waals surface area contributed by atoms with E-state index in [2.05, 4.69) is 15.1 Å². The van der Waals surface area contributed by atoms with Crippen LogP contribution in [0.3, 0.4) is 0 Å². The second-order valence-corrected chi connectivity index (χ2v) is 11.8. The summed E-state index contributed by atoms with van der Waals surface area (Å²) in [6.45, 7) is 4.68. The number of carboxylic acid groups (broad SMARTS) is 1. The molecule has 0 aromatic heterocycles. The third-order valence-corrected chi connectivity index (χ3v) is 9.29. The minimum Gasteiger partial charge on any atom is -0.481 e. The number of benzene rings is 1. The van der Waals surface area contributed by atoms with Gasteiger partial charge in [0, 0.05) is 51.4 Å². The van der Waals surface area contributed by atoms with Gasteiger partial charge in [0.15, 0.2) is 0 Å². The summed E-state index contributed by atoms with van der Waals surface area (Å²) in [6, 6.07) is 4.25. The number of nitrogens with zero attached hydrogens (tertiary/aromatic N) is 4. The van der Waals surface area contributed by atoms with E-state index < -0.39 is 35.6 Å². The quantitative estimate of drug-likeness (QED) is 0.494. The Balaban J connectivity index is 1.02. The first-order valence-corrected chi connectivity index (χ1v) is 14.0. The minimum absolute atomic E-state index is 0.0693. The number of aliphatic carboxylic acids is 1. The fraction of sp³-hybridized carbons (Fsp3) is 0.571. The molecular formula is C28H33N5O7. The molecule has 12 nitrogen and oxygen atoms in total. The highest BCUT2D eigenvalue weighted by atomic mass is 16.4. The van der Waals surface area contributed by atoms with E-state index in [9.17, 15) is 28.8 Å². The van der Waals surface area contributed by atoms with Gasteiger partial charge in [-0.25, -0.2) is 0 Å². The van der Waals surface area contributed by atoms with Gasteiger partial charge in [0.05, 0.1) is 23.6 Å². The first kappa shape index (κ1) is 26.4. The van der Waals surface area contributed by atoms with Crippen molar-refractivity contribution >= 4 is 41.2 Å². The van der Waals surface area contributed by atoms with Crippen molar-refractivity contribution in [2.24, 2.45) is 11.3 Å². The molecule has 6 rings (SSSR count). The molecule has 1 spiro atoms. The second kappa shape index (κ2) is 9.99. The maximum Gasteiger partial charge on any atom is 0.306 e. The zero-order valence-corrected chi connectivity index (χ0v) is 22.3. The number of nitrogens with one attached hydrogen (secondary N) is 1. The highest BCUT2D eigenvalue weighted by molar-refractivity contribution is 6.23. The van der Waals surface area contributed by atoms with Crippen LogP contribution in [0.2, 0.25) is 0 Å². The molecule has 5 heterocycles. The molecule has 1 atom stereocenters. The van der Waals surface area contributed by atoms with Gasteiger partial charge in [-0.15, -0.1) is 0 Å². The topological polar surface area (TPSA) is 148 Å². The standard InChI is InChI=1S/C28H33N5O7/c34-22-4-3-21(24(36)29-22)33-25(37)19-2-1-18(13-20(19)26(33)38)31-11-7-28(8-12-31)15-30(16-28)14-23(35)32-9-5-17(6-10-32)27(39)40/h1-2,13,17,21H,3-12,14-16H2,(H,39,40)(H,29,34,36). The van der Waals surface area contributed by atoms with Crippen molar-refractivity contribution in [3.05, 3.63) is 29.3 Å². The Morgan fingerprint density at radius 3 is 2.25 bits per heavy atom. The molecule has 212 valence electrons. The van der Waals surface area contributed by atoms with Crippen molar-refractivity contribution in [2.75, 3.05) is 50.7 Å². The van der Waals surface area contributed by atoms with Crippen LogP contribution in [0.15, 0.2) is 18.2 Å². The Kier molecular flexibility index (Phi) is 6.60. The maximum atomic E-state index is 13.2. The van der Waals surface area contributed by atoms with E-state index >= 15 is 0 Å². The van der Waals surface area contributed by atoms with Crippen LogP contribution in [-0.4, -0.2) is 107 Å². The van der Waals surface area contributed by atoms with Crippen LogP contribution < -0.4 is 10.2 Å². The lowest BCUT2D eigenvalue weighted by Gasteiger charge is -2.54. The van der Waals surface area contributed by atoms with E-state index in [0.29, 0.717) is 32.5 Å². The average Bonchev–Trinajstić information content (AvgIpc) is 3.17. The van der Waals surface area contributed by atoms with Gasteiger partial charge < -0.3 is 14.9 Å². The molecule has 12 heteroatoms. The maximum absolute atomic E-state index is 13.2. The Morgan fingerprint density at radius 2 is 1.60 bits per heavy atom. The summed E-state index contributed by atoms with van der Waals surface area (Å²) >= 11 is 0. The summed E-state index contributed by atoms with van der Waals surface area (Å²) in [4.78, 5) is 81.0. The third-order valence-electron chi connectivity index (χ3n) is 9.29. The number of amides is 5. The Morgan fingerprint density at radius 1 is 0.925 bits per heavy atom. The molecule has 0 aliphatic carbocycles. The highest BCUT2D eigenvalue weighted by Gasteiger charge is 2.47. The summed E-state index contributed by atoms with van der Waals surface area (Å²) in [5.74, 6) is -3.09. The number of piperidine rings is 3. The van der Waals surface area contributed by atoms with Crippen LogP contribution in [0.5, 0.6) is 0 Å². The third kappa shape index (κ3) is 4.63. The van der Waals surface area contributed by atoms with Gasteiger partial charge in [0.1, 0.15) is 6.04 Å². The van der Waals surface area contributed by atoms with Crippen molar-refractivity contribution < 1.29 is 33.9 Å². The van der Waals surface area contributed by atoms with E-state index in [0.717, 1.165) is 49.6 Å². The lowest BCUT2D eigenvalue weighted by Crippen LogP contribution is -2.62. The van der Waals surface area contributed by atoms with Gasteiger partial charge in [0.25, 0.3) is 11.8 Å². The van der Waals surface area contributed by atoms with E-state index in [1.165, 1.54) is 0 Å².